The first-order chi connectivity index (χ1) is 11.0. The largest absolute Gasteiger partial charge is 0.396 e. The summed E-state index contributed by atoms with van der Waals surface area (Å²) >= 11 is 1.76. The molecule has 1 aliphatic rings. The van der Waals surface area contributed by atoms with Crippen molar-refractivity contribution in [2.45, 2.75) is 32.9 Å². The van der Waals surface area contributed by atoms with Gasteiger partial charge in [-0.15, -0.1) is 11.3 Å². The molecule has 23 heavy (non-hydrogen) atoms. The molecule has 130 valence electrons. The minimum atomic E-state index is 0.259. The molecule has 0 aliphatic carbocycles. The number of allylic oxidation sites excluding steroid dienone is 1. The highest BCUT2D eigenvalue weighted by Crippen LogP contribution is 2.23. The van der Waals surface area contributed by atoms with E-state index in [-0.39, 0.29) is 6.61 Å². The van der Waals surface area contributed by atoms with Gasteiger partial charge in [0.2, 0.25) is 0 Å². The fourth-order valence-corrected chi connectivity index (χ4v) is 3.74. The van der Waals surface area contributed by atoms with E-state index in [0.717, 1.165) is 44.3 Å². The van der Waals surface area contributed by atoms with Crippen molar-refractivity contribution in [2.75, 3.05) is 51.8 Å². The fourth-order valence-electron chi connectivity index (χ4n) is 2.86. The molecule has 1 atom stereocenters. The van der Waals surface area contributed by atoms with Crippen molar-refractivity contribution in [1.29, 1.82) is 0 Å². The predicted octanol–water partition coefficient (Wildman–Crippen LogP) is 2.04. The summed E-state index contributed by atoms with van der Waals surface area (Å²) in [6.45, 7) is 9.66. The normalized spacial score (nSPS) is 19.8. The Labute approximate surface area is 144 Å². The maximum atomic E-state index is 9.38. The molecule has 0 aromatic carbocycles. The van der Waals surface area contributed by atoms with Crippen LogP contribution >= 0.6 is 11.3 Å². The van der Waals surface area contributed by atoms with Gasteiger partial charge in [-0.05, 0) is 20.3 Å². The van der Waals surface area contributed by atoms with Crippen LogP contribution in [-0.4, -0.2) is 72.8 Å². The second kappa shape index (κ2) is 8.78. The van der Waals surface area contributed by atoms with Crippen molar-refractivity contribution < 1.29 is 5.11 Å². The topological polar surface area (TPSA) is 42.8 Å². The molecule has 1 aromatic rings. The smallest absolute Gasteiger partial charge is 0.185 e. The monoisotopic (exact) mass is 338 g/mol. The van der Waals surface area contributed by atoms with E-state index in [1.165, 1.54) is 10.5 Å². The lowest BCUT2D eigenvalue weighted by molar-refractivity contribution is 0.0642. The van der Waals surface area contributed by atoms with Crippen LogP contribution < -0.4 is 4.90 Å². The van der Waals surface area contributed by atoms with Gasteiger partial charge < -0.3 is 10.0 Å². The summed E-state index contributed by atoms with van der Waals surface area (Å²) in [7, 11) is 4.06. The van der Waals surface area contributed by atoms with E-state index in [9.17, 15) is 5.11 Å². The number of aliphatic hydroxyl groups is 1. The van der Waals surface area contributed by atoms with Crippen molar-refractivity contribution in [3.63, 3.8) is 0 Å². The van der Waals surface area contributed by atoms with E-state index >= 15 is 0 Å². The van der Waals surface area contributed by atoms with Crippen LogP contribution in [-0.2, 0) is 6.54 Å². The first-order valence-electron chi connectivity index (χ1n) is 8.32. The maximum absolute atomic E-state index is 9.38. The molecular weight excluding hydrogens is 308 g/mol. The summed E-state index contributed by atoms with van der Waals surface area (Å²) in [6, 6.07) is 0.436. The molecule has 1 fully saturated rings. The number of anilines is 1. The van der Waals surface area contributed by atoms with Gasteiger partial charge in [0.1, 0.15) is 0 Å². The van der Waals surface area contributed by atoms with Crippen LogP contribution in [0.15, 0.2) is 17.8 Å². The molecule has 1 saturated heterocycles. The molecule has 1 N–H and O–H groups in total. The minimum Gasteiger partial charge on any atom is -0.396 e. The second-order valence-corrected chi connectivity index (χ2v) is 7.77. The summed E-state index contributed by atoms with van der Waals surface area (Å²) in [5, 5.41) is 10.4. The number of rotatable bonds is 7. The highest BCUT2D eigenvalue weighted by atomic mass is 32.1. The van der Waals surface area contributed by atoms with Gasteiger partial charge >= 0.3 is 0 Å². The summed E-state index contributed by atoms with van der Waals surface area (Å²) in [5.41, 5.74) is 1.36. The minimum absolute atomic E-state index is 0.259. The Balaban J connectivity index is 1.93. The van der Waals surface area contributed by atoms with Crippen molar-refractivity contribution in [3.05, 3.63) is 22.7 Å². The van der Waals surface area contributed by atoms with Gasteiger partial charge in [0, 0.05) is 70.5 Å². The van der Waals surface area contributed by atoms with E-state index in [1.54, 1.807) is 11.3 Å². The van der Waals surface area contributed by atoms with Crippen molar-refractivity contribution in [2.24, 2.45) is 0 Å². The first-order valence-corrected chi connectivity index (χ1v) is 9.14. The third-order valence-corrected chi connectivity index (χ3v) is 5.34. The standard InChI is InChI=1S/C17H30N4OS/c1-14(2)5-7-21-9-8-20(12-15(21)6-10-22)13-16-11-18-17(23-16)19(3)4/h5,11,15,22H,6-10,12-13H2,1-4H3/t15-/m1/s1. The van der Waals surface area contributed by atoms with Crippen molar-refractivity contribution in [1.82, 2.24) is 14.8 Å². The zero-order valence-electron chi connectivity index (χ0n) is 14.8. The molecule has 0 spiro atoms. The number of hydrogen-bond donors (Lipinski definition) is 1. The van der Waals surface area contributed by atoms with Crippen LogP contribution in [0.5, 0.6) is 0 Å². The first kappa shape index (κ1) is 18.4. The zero-order valence-corrected chi connectivity index (χ0v) is 15.6. The number of aromatic nitrogens is 1. The summed E-state index contributed by atoms with van der Waals surface area (Å²) < 4.78 is 0. The summed E-state index contributed by atoms with van der Waals surface area (Å²) in [4.78, 5) is 12.8. The zero-order chi connectivity index (χ0) is 16.8. The predicted molar refractivity (Wildman–Crippen MR) is 98.2 cm³/mol. The van der Waals surface area contributed by atoms with E-state index in [4.69, 9.17) is 0 Å². The fraction of sp³-hybridized carbons (Fsp3) is 0.706. The molecule has 6 heteroatoms. The van der Waals surface area contributed by atoms with E-state index in [2.05, 4.69) is 39.6 Å². The Morgan fingerprint density at radius 2 is 2.22 bits per heavy atom. The van der Waals surface area contributed by atoms with E-state index in [0.29, 0.717) is 6.04 Å². The molecule has 0 amide bonds. The van der Waals surface area contributed by atoms with Crippen molar-refractivity contribution in [3.8, 4) is 0 Å². The third-order valence-electron chi connectivity index (χ3n) is 4.19. The lowest BCUT2D eigenvalue weighted by Crippen LogP contribution is -2.52. The van der Waals surface area contributed by atoms with Gasteiger partial charge in [0.05, 0.1) is 0 Å². The van der Waals surface area contributed by atoms with Gasteiger partial charge in [-0.25, -0.2) is 4.98 Å². The maximum Gasteiger partial charge on any atom is 0.185 e. The number of thiazole rings is 1. The Morgan fingerprint density at radius 1 is 1.43 bits per heavy atom. The Morgan fingerprint density at radius 3 is 2.83 bits per heavy atom. The van der Waals surface area contributed by atoms with Gasteiger partial charge in [0.15, 0.2) is 5.13 Å². The lowest BCUT2D eigenvalue weighted by Gasteiger charge is -2.41. The van der Waals surface area contributed by atoms with Gasteiger partial charge in [-0.1, -0.05) is 11.6 Å². The van der Waals surface area contributed by atoms with Crippen LogP contribution in [0.3, 0.4) is 0 Å². The number of piperazine rings is 1. The molecular formula is C17H30N4OS. The molecule has 2 heterocycles. The van der Waals surface area contributed by atoms with E-state index in [1.807, 2.05) is 20.3 Å². The molecule has 0 bridgehead atoms. The molecule has 1 aliphatic heterocycles. The molecule has 0 radical (unpaired) electrons. The van der Waals surface area contributed by atoms with Crippen LogP contribution in [0.25, 0.3) is 0 Å². The Hall–Kier alpha value is -0.950. The quantitative estimate of drug-likeness (QED) is 0.771. The number of nitrogens with zero attached hydrogens (tertiary/aromatic N) is 4. The summed E-state index contributed by atoms with van der Waals surface area (Å²) in [5.74, 6) is 0. The number of hydrogen-bond acceptors (Lipinski definition) is 6. The van der Waals surface area contributed by atoms with Crippen LogP contribution in [0, 0.1) is 0 Å². The van der Waals surface area contributed by atoms with Crippen molar-refractivity contribution >= 4 is 16.5 Å². The average Bonchev–Trinajstić information content (AvgIpc) is 2.95. The van der Waals surface area contributed by atoms with Gasteiger partial charge in [-0.3, -0.25) is 9.80 Å². The molecule has 2 rings (SSSR count). The third kappa shape index (κ3) is 5.57. The van der Waals surface area contributed by atoms with Gasteiger partial charge in [0.25, 0.3) is 0 Å². The summed E-state index contributed by atoms with van der Waals surface area (Å²) in [6.07, 6.45) is 5.13. The van der Waals surface area contributed by atoms with Crippen LogP contribution in [0.4, 0.5) is 5.13 Å². The highest BCUT2D eigenvalue weighted by molar-refractivity contribution is 7.15. The lowest BCUT2D eigenvalue weighted by atomic mass is 10.1. The van der Waals surface area contributed by atoms with E-state index < -0.39 is 0 Å². The highest BCUT2D eigenvalue weighted by Gasteiger charge is 2.26. The van der Waals surface area contributed by atoms with Crippen LogP contribution in [0.2, 0.25) is 0 Å². The van der Waals surface area contributed by atoms with Gasteiger partial charge in [-0.2, -0.15) is 0 Å². The number of aliphatic hydroxyl groups excluding tert-OH is 1. The molecule has 5 nitrogen and oxygen atoms in total. The Kier molecular flexibility index (Phi) is 7.02. The van der Waals surface area contributed by atoms with Crippen LogP contribution in [0.1, 0.15) is 25.1 Å². The molecule has 1 aromatic heterocycles. The average molecular weight is 339 g/mol. The molecule has 0 unspecified atom stereocenters. The molecule has 0 saturated carbocycles. The Bertz CT molecular complexity index is 510. The SMILES string of the molecule is CC(C)=CCN1CCN(Cc2cnc(N(C)C)s2)C[C@H]1CCO. The second-order valence-electron chi connectivity index (χ2n) is 6.68.